The van der Waals surface area contributed by atoms with Crippen molar-refractivity contribution in [3.63, 3.8) is 0 Å². The van der Waals surface area contributed by atoms with Gasteiger partial charge in [-0.25, -0.2) is 4.39 Å². The number of nitrogens with zero attached hydrogens (tertiary/aromatic N) is 3. The van der Waals surface area contributed by atoms with Gasteiger partial charge in [-0.05, 0) is 30.7 Å². The van der Waals surface area contributed by atoms with E-state index in [0.29, 0.717) is 25.4 Å². The average molecular weight is 463 g/mol. The van der Waals surface area contributed by atoms with Crippen LogP contribution in [-0.2, 0) is 19.1 Å². The number of rotatable bonds is 3. The Balaban J connectivity index is 0.000000193. The maximum absolute atomic E-state index is 12.1. The van der Waals surface area contributed by atoms with Crippen LogP contribution >= 0.6 is 0 Å². The second-order valence-electron chi connectivity index (χ2n) is 6.80. The first kappa shape index (κ1) is 25.5. The normalized spacial score (nSPS) is 15.5. The first-order valence-corrected chi connectivity index (χ1v) is 9.90. The topological polar surface area (TPSA) is 142 Å². The van der Waals surface area contributed by atoms with E-state index in [2.05, 4.69) is 0 Å². The molecule has 1 amide bonds. The summed E-state index contributed by atoms with van der Waals surface area (Å²) in [5.41, 5.74) is 0.588. The van der Waals surface area contributed by atoms with Crippen LogP contribution in [0.25, 0.3) is 0 Å². The lowest BCUT2D eigenvalue weighted by atomic mass is 10.2. The second kappa shape index (κ2) is 12.9. The Morgan fingerprint density at radius 3 is 1.79 bits per heavy atom. The van der Waals surface area contributed by atoms with Crippen LogP contribution in [0.3, 0.4) is 0 Å². The van der Waals surface area contributed by atoms with E-state index in [-0.39, 0.29) is 29.7 Å². The van der Waals surface area contributed by atoms with E-state index in [1.165, 1.54) is 12.1 Å². The molecule has 2 saturated heterocycles. The number of hydrogen-bond acceptors (Lipinski definition) is 8. The number of halogens is 1. The minimum Gasteiger partial charge on any atom is -0.374 e. The average Bonchev–Trinajstić information content (AvgIpc) is 2.81. The number of nitro groups is 2. The summed E-state index contributed by atoms with van der Waals surface area (Å²) < 4.78 is 22.0. The highest BCUT2D eigenvalue weighted by molar-refractivity contribution is 5.94. The SMILES string of the molecule is O=C1CCCOC1.O=C1COCCN1c1ccc([N+](=O)[O-])cc1.O=[N+]([O-])c1ccc(F)cc1. The molecule has 176 valence electrons. The Kier molecular flexibility index (Phi) is 9.99. The van der Waals surface area contributed by atoms with Gasteiger partial charge in [0.15, 0.2) is 5.78 Å². The summed E-state index contributed by atoms with van der Waals surface area (Å²) in [5, 5.41) is 20.5. The molecular formula is C21H22FN3O8. The number of ether oxygens (including phenoxy) is 2. The third-order valence-corrected chi connectivity index (χ3v) is 4.40. The summed E-state index contributed by atoms with van der Waals surface area (Å²) in [6.07, 6.45) is 1.64. The van der Waals surface area contributed by atoms with E-state index in [9.17, 15) is 34.2 Å². The summed E-state index contributed by atoms with van der Waals surface area (Å²) in [7, 11) is 0. The Labute approximate surface area is 188 Å². The molecule has 4 rings (SSSR count). The van der Waals surface area contributed by atoms with Gasteiger partial charge in [0.25, 0.3) is 17.3 Å². The van der Waals surface area contributed by atoms with Crippen molar-refractivity contribution in [2.24, 2.45) is 0 Å². The lowest BCUT2D eigenvalue weighted by Gasteiger charge is -2.26. The zero-order valence-electron chi connectivity index (χ0n) is 17.6. The Morgan fingerprint density at radius 2 is 1.36 bits per heavy atom. The van der Waals surface area contributed by atoms with E-state index in [1.54, 1.807) is 17.0 Å². The molecule has 0 atom stereocenters. The molecule has 0 N–H and O–H groups in total. The van der Waals surface area contributed by atoms with Gasteiger partial charge in [0.1, 0.15) is 19.0 Å². The van der Waals surface area contributed by atoms with Gasteiger partial charge in [-0.3, -0.25) is 29.8 Å². The summed E-state index contributed by atoms with van der Waals surface area (Å²) in [4.78, 5) is 42.8. The fourth-order valence-electron chi connectivity index (χ4n) is 2.74. The molecule has 2 aliphatic rings. The number of carbonyl (C=O) groups excluding carboxylic acids is 2. The molecule has 0 aliphatic carbocycles. The monoisotopic (exact) mass is 463 g/mol. The zero-order valence-corrected chi connectivity index (χ0v) is 17.6. The Hall–Kier alpha value is -3.77. The van der Waals surface area contributed by atoms with Crippen molar-refractivity contribution < 1.29 is 33.3 Å². The van der Waals surface area contributed by atoms with Crippen LogP contribution in [0.2, 0.25) is 0 Å². The van der Waals surface area contributed by atoms with Crippen molar-refractivity contribution in [2.75, 3.05) is 37.9 Å². The molecule has 2 fully saturated rings. The molecule has 0 spiro atoms. The molecule has 11 nitrogen and oxygen atoms in total. The summed E-state index contributed by atoms with van der Waals surface area (Å²) in [6.45, 7) is 2.15. The van der Waals surface area contributed by atoms with Gasteiger partial charge >= 0.3 is 0 Å². The first-order valence-electron chi connectivity index (χ1n) is 9.90. The number of Topliss-reactive ketones (excluding diaryl/α,β-unsaturated/α-hetero) is 1. The minimum atomic E-state index is -0.570. The van der Waals surface area contributed by atoms with Gasteiger partial charge in [0.2, 0.25) is 0 Å². The lowest BCUT2D eigenvalue weighted by Crippen LogP contribution is -2.41. The number of nitro benzene ring substituents is 2. The fraction of sp³-hybridized carbons (Fsp3) is 0.333. The van der Waals surface area contributed by atoms with Crippen LogP contribution in [0.1, 0.15) is 12.8 Å². The first-order chi connectivity index (χ1) is 15.8. The standard InChI is InChI=1S/C10H10N2O4.C6H4FNO2.C5H8O2/c13-10-7-16-6-5-11(10)8-1-3-9(4-2-8)12(14)15;7-5-1-3-6(4-2-5)8(9)10;6-5-2-1-3-7-4-5/h1-4H,5-7H2;1-4H;1-4H2. The van der Waals surface area contributed by atoms with Crippen LogP contribution in [0.15, 0.2) is 48.5 Å². The van der Waals surface area contributed by atoms with Crippen molar-refractivity contribution in [1.82, 2.24) is 0 Å². The highest BCUT2D eigenvalue weighted by atomic mass is 19.1. The highest BCUT2D eigenvalue weighted by Crippen LogP contribution is 2.20. The van der Waals surface area contributed by atoms with Gasteiger partial charge in [-0.2, -0.15) is 0 Å². The van der Waals surface area contributed by atoms with E-state index >= 15 is 0 Å². The number of amides is 1. The smallest absolute Gasteiger partial charge is 0.269 e. The van der Waals surface area contributed by atoms with Gasteiger partial charge in [0, 0.05) is 49.5 Å². The number of ketones is 1. The van der Waals surface area contributed by atoms with Crippen molar-refractivity contribution >= 4 is 28.8 Å². The van der Waals surface area contributed by atoms with Crippen LogP contribution in [0.5, 0.6) is 0 Å². The molecule has 0 unspecified atom stereocenters. The molecule has 2 heterocycles. The molecule has 12 heteroatoms. The molecular weight excluding hydrogens is 441 g/mol. The van der Waals surface area contributed by atoms with Crippen LogP contribution in [0.4, 0.5) is 21.5 Å². The van der Waals surface area contributed by atoms with E-state index < -0.39 is 15.7 Å². The zero-order chi connectivity index (χ0) is 24.2. The quantitative estimate of drug-likeness (QED) is 0.499. The largest absolute Gasteiger partial charge is 0.374 e. The van der Waals surface area contributed by atoms with Gasteiger partial charge in [0.05, 0.1) is 16.5 Å². The number of morpholine rings is 1. The van der Waals surface area contributed by atoms with Crippen LogP contribution < -0.4 is 4.90 Å². The van der Waals surface area contributed by atoms with Crippen molar-refractivity contribution in [2.45, 2.75) is 12.8 Å². The Morgan fingerprint density at radius 1 is 0.818 bits per heavy atom. The summed E-state index contributed by atoms with van der Waals surface area (Å²) in [6, 6.07) is 10.3. The number of anilines is 1. The lowest BCUT2D eigenvalue weighted by molar-refractivity contribution is -0.385. The van der Waals surface area contributed by atoms with Crippen molar-refractivity contribution in [3.05, 3.63) is 74.6 Å². The molecule has 33 heavy (non-hydrogen) atoms. The molecule has 2 aromatic carbocycles. The molecule has 0 aromatic heterocycles. The molecule has 0 radical (unpaired) electrons. The van der Waals surface area contributed by atoms with Crippen LogP contribution in [0, 0.1) is 26.0 Å². The van der Waals surface area contributed by atoms with E-state index in [4.69, 9.17) is 9.47 Å². The van der Waals surface area contributed by atoms with Gasteiger partial charge in [-0.1, -0.05) is 0 Å². The minimum absolute atomic E-state index is 0.0180. The maximum atomic E-state index is 12.1. The molecule has 0 bridgehead atoms. The predicted molar refractivity (Wildman–Crippen MR) is 114 cm³/mol. The van der Waals surface area contributed by atoms with Crippen molar-refractivity contribution in [3.8, 4) is 0 Å². The van der Waals surface area contributed by atoms with Crippen LogP contribution in [-0.4, -0.2) is 54.5 Å². The second-order valence-corrected chi connectivity index (χ2v) is 6.80. The molecule has 0 saturated carbocycles. The van der Waals surface area contributed by atoms with Gasteiger partial charge < -0.3 is 14.4 Å². The Bertz CT molecular complexity index is 958. The number of non-ortho nitro benzene ring substituents is 2. The van der Waals surface area contributed by atoms with E-state index in [0.717, 1.165) is 43.7 Å². The molecule has 2 aliphatic heterocycles. The molecule has 2 aromatic rings. The summed E-state index contributed by atoms with van der Waals surface area (Å²) >= 11 is 0. The van der Waals surface area contributed by atoms with E-state index in [1.807, 2.05) is 0 Å². The maximum Gasteiger partial charge on any atom is 0.269 e. The number of carbonyl (C=O) groups is 2. The summed E-state index contributed by atoms with van der Waals surface area (Å²) in [5.74, 6) is -0.350. The number of hydrogen-bond donors (Lipinski definition) is 0. The predicted octanol–water partition coefficient (Wildman–Crippen LogP) is 3.06. The van der Waals surface area contributed by atoms with Gasteiger partial charge in [-0.15, -0.1) is 0 Å². The van der Waals surface area contributed by atoms with Crippen molar-refractivity contribution in [1.29, 1.82) is 0 Å². The highest BCUT2D eigenvalue weighted by Gasteiger charge is 2.20. The number of benzene rings is 2. The third kappa shape index (κ3) is 8.71. The fourth-order valence-corrected chi connectivity index (χ4v) is 2.74. The third-order valence-electron chi connectivity index (χ3n) is 4.40.